The molecule has 0 spiro atoms. The van der Waals surface area contributed by atoms with Crippen molar-refractivity contribution in [2.45, 2.75) is 140 Å². The summed E-state index contributed by atoms with van der Waals surface area (Å²) >= 11 is 8.25. The Morgan fingerprint density at radius 3 is 1.35 bits per heavy atom. The van der Waals surface area contributed by atoms with Crippen LogP contribution in [-0.4, -0.2) is 228 Å². The first-order chi connectivity index (χ1) is 41.5. The van der Waals surface area contributed by atoms with Crippen molar-refractivity contribution in [3.8, 4) is 0 Å². The van der Waals surface area contributed by atoms with Gasteiger partial charge in [-0.25, -0.2) is 0 Å². The minimum absolute atomic E-state index is 0.147. The number of carboxylic acid groups (broad SMARTS) is 3. The van der Waals surface area contributed by atoms with Gasteiger partial charge in [0.25, 0.3) is 5.69 Å². The molecule has 1 rings (SSSR count). The molecule has 0 radical (unpaired) electrons. The quantitative estimate of drug-likeness (QED) is 0.0165. The number of nitrogens with zero attached hydrogens (tertiary/aromatic N) is 1. The average Bonchev–Trinajstić information content (AvgIpc) is 3.67. The molecule has 0 unspecified atom stereocenters. The molecule has 0 aromatic heterocycles. The number of carbonyl (C=O) groups excluding carboxylic acids is 12. The van der Waals surface area contributed by atoms with Gasteiger partial charge in [0.15, 0.2) is 0 Å². The van der Waals surface area contributed by atoms with Gasteiger partial charge in [-0.15, -0.1) is 0 Å². The Bertz CT molecular complexity index is 2740. The van der Waals surface area contributed by atoms with Crippen LogP contribution in [0.3, 0.4) is 0 Å². The fraction of sp³-hybridized carbons (Fsp3) is 0.580. The second-order valence-corrected chi connectivity index (χ2v) is 21.0. The fourth-order valence-electron chi connectivity index (χ4n) is 7.38. The summed E-state index contributed by atoms with van der Waals surface area (Å²) in [6, 6.07) is -14.1. The lowest BCUT2D eigenvalue weighted by Gasteiger charge is -2.30. The molecule has 1 aromatic rings. The fourth-order valence-corrected chi connectivity index (χ4v) is 7.90. The number of hydrogen-bond donors (Lipinski definition) is 21. The second kappa shape index (κ2) is 38.5. The summed E-state index contributed by atoms with van der Waals surface area (Å²) in [6.07, 6.45) is -6.03. The first kappa shape index (κ1) is 78.2. The van der Waals surface area contributed by atoms with Gasteiger partial charge in [0.1, 0.15) is 66.5 Å². The Morgan fingerprint density at radius 2 is 0.899 bits per heavy atom. The van der Waals surface area contributed by atoms with E-state index in [-0.39, 0.29) is 22.9 Å². The van der Waals surface area contributed by atoms with E-state index in [2.05, 4.69) is 73.1 Å². The maximum absolute atomic E-state index is 13.9. The van der Waals surface area contributed by atoms with Crippen LogP contribution in [0, 0.1) is 22.0 Å². The van der Waals surface area contributed by atoms with Crippen molar-refractivity contribution in [3.63, 3.8) is 0 Å². The van der Waals surface area contributed by atoms with Gasteiger partial charge in [-0.1, -0.05) is 27.7 Å². The normalized spacial score (nSPS) is 15.0. The summed E-state index contributed by atoms with van der Waals surface area (Å²) in [4.78, 5) is 205. The number of aliphatic hydroxyl groups excluding tert-OH is 3. The number of nitrogens with one attached hydrogen (secondary N) is 12. The molecule has 0 heterocycles. The molecule has 12 amide bonds. The Kier molecular flexibility index (Phi) is 33.8. The van der Waals surface area contributed by atoms with E-state index in [1.54, 1.807) is 0 Å². The molecule has 20 N–H and O–H groups in total. The Morgan fingerprint density at radius 1 is 0.494 bits per heavy atom. The minimum Gasteiger partial charge on any atom is -0.481 e. The van der Waals surface area contributed by atoms with Gasteiger partial charge in [-0.05, 0) is 44.2 Å². The number of carboxylic acids is 3. The lowest BCUT2D eigenvalue weighted by Crippen LogP contribution is -2.62. The van der Waals surface area contributed by atoms with Crippen LogP contribution >= 0.6 is 25.3 Å². The van der Waals surface area contributed by atoms with Gasteiger partial charge in [-0.2, -0.15) is 25.3 Å². The van der Waals surface area contributed by atoms with E-state index in [0.29, 0.717) is 0 Å². The molecule has 0 saturated carbocycles. The zero-order chi connectivity index (χ0) is 68.2. The van der Waals surface area contributed by atoms with E-state index in [4.69, 9.17) is 10.8 Å². The monoisotopic (exact) mass is 1300 g/mol. The highest BCUT2D eigenvalue weighted by Gasteiger charge is 2.38. The van der Waals surface area contributed by atoms with Gasteiger partial charge in [-0.3, -0.25) is 82.0 Å². The topological polar surface area (TPSA) is 591 Å². The molecule has 496 valence electrons. The number of amides is 12. The molecule has 0 aliphatic rings. The van der Waals surface area contributed by atoms with Crippen LogP contribution in [0.15, 0.2) is 24.3 Å². The van der Waals surface area contributed by atoms with E-state index in [1.165, 1.54) is 39.8 Å². The van der Waals surface area contributed by atoms with Crippen molar-refractivity contribution < 1.29 is 107 Å². The number of thiol groups is 2. The highest BCUT2D eigenvalue weighted by molar-refractivity contribution is 7.80. The van der Waals surface area contributed by atoms with E-state index < -0.39 is 224 Å². The summed E-state index contributed by atoms with van der Waals surface area (Å²) in [6.45, 7) is 5.21. The van der Waals surface area contributed by atoms with Crippen molar-refractivity contribution in [1.82, 2.24) is 58.5 Å². The standard InChI is InChI=1S/C50H76N14O23S2/c1-20(2)37(48(83)60-32(19-89)47(82)59-31(18-88)46(81)54-24-7-9-25(10-8-24)64(86)87)62-49(84)38(21(3)4)61-44(79)29(14-36(73)74)57-43(78)27(11-12-34(69)70)55-50(85)39(23(6)67)63-45(80)28(13-35(71)72)56-40(75)22(5)53-33(68)15-52-42(77)30(17-66)58-41(76)26(51)16-65/h7-10,20-23,26-32,37-39,65-67,88-89H,11-19,51H2,1-6H3,(H,52,77)(H,53,68)(H,54,81)(H,55,85)(H,56,75)(H,57,78)(H,58,76)(H,59,82)(H,60,83)(H,61,79)(H,62,84)(H,63,80)(H,69,70)(H,71,72)(H,73,74)/t22-,23+,26-,27-,28-,29-,30-,31-,32-,37-,38-,39-/m0/s1. The summed E-state index contributed by atoms with van der Waals surface area (Å²) in [5.41, 5.74) is 5.25. The number of nitro groups is 1. The molecule has 0 saturated heterocycles. The van der Waals surface area contributed by atoms with Crippen molar-refractivity contribution in [3.05, 3.63) is 34.4 Å². The third kappa shape index (κ3) is 27.4. The molecule has 0 fully saturated rings. The number of rotatable bonds is 39. The van der Waals surface area contributed by atoms with Crippen LogP contribution in [0.2, 0.25) is 0 Å². The van der Waals surface area contributed by atoms with Crippen LogP contribution in [-0.2, 0) is 71.9 Å². The van der Waals surface area contributed by atoms with Crippen molar-refractivity contribution >= 4 is 125 Å². The lowest BCUT2D eigenvalue weighted by molar-refractivity contribution is -0.384. The lowest BCUT2D eigenvalue weighted by atomic mass is 9.99. The first-order valence-corrected chi connectivity index (χ1v) is 28.2. The number of benzene rings is 1. The highest BCUT2D eigenvalue weighted by atomic mass is 32.1. The maximum atomic E-state index is 13.9. The van der Waals surface area contributed by atoms with Gasteiger partial charge in [0.2, 0.25) is 70.9 Å². The summed E-state index contributed by atoms with van der Waals surface area (Å²) in [5.74, 6) is -21.0. The Labute approximate surface area is 518 Å². The van der Waals surface area contributed by atoms with Crippen molar-refractivity contribution in [1.29, 1.82) is 0 Å². The zero-order valence-corrected chi connectivity index (χ0v) is 50.6. The molecule has 0 aliphatic heterocycles. The third-order valence-corrected chi connectivity index (χ3v) is 13.1. The number of aliphatic carboxylic acids is 3. The SMILES string of the molecule is CC(C)[C@H](NC(=O)[C@H](CC(=O)O)NC(=O)[C@H](CCC(=O)O)NC(=O)[C@@H](NC(=O)[C@H](CC(=O)O)NC(=O)[C@H](C)NC(=O)CNC(=O)[C@H](CO)NC(=O)[C@@H](N)CO)[C@@H](C)O)C(=O)N[C@H](C(=O)N[C@@H](CS)C(=O)N[C@@H](CS)C(=O)Nc1ccc([N+](=O)[O-])cc1)C(C)C. The number of carbonyl (C=O) groups is 15. The van der Waals surface area contributed by atoms with E-state index in [1.807, 2.05) is 16.0 Å². The van der Waals surface area contributed by atoms with Crippen LogP contribution in [0.1, 0.15) is 67.2 Å². The number of non-ortho nitro benzene ring substituents is 1. The third-order valence-electron chi connectivity index (χ3n) is 12.4. The van der Waals surface area contributed by atoms with Crippen LogP contribution in [0.4, 0.5) is 11.4 Å². The molecule has 39 heteroatoms. The largest absolute Gasteiger partial charge is 0.481 e. The number of nitro benzene ring substituents is 1. The molecule has 0 bridgehead atoms. The maximum Gasteiger partial charge on any atom is 0.305 e. The zero-order valence-electron chi connectivity index (χ0n) is 48.8. The number of anilines is 1. The van der Waals surface area contributed by atoms with Gasteiger partial charge < -0.3 is 100 Å². The van der Waals surface area contributed by atoms with Gasteiger partial charge >= 0.3 is 17.9 Å². The van der Waals surface area contributed by atoms with Crippen molar-refractivity contribution in [2.24, 2.45) is 17.6 Å². The molecule has 89 heavy (non-hydrogen) atoms. The number of nitrogens with two attached hydrogens (primary N) is 1. The second-order valence-electron chi connectivity index (χ2n) is 20.3. The number of aliphatic hydroxyl groups is 3. The summed E-state index contributed by atoms with van der Waals surface area (Å²) < 4.78 is 0. The van der Waals surface area contributed by atoms with E-state index in [9.17, 15) is 108 Å². The Balaban J connectivity index is 3.28. The van der Waals surface area contributed by atoms with Crippen LogP contribution in [0.5, 0.6) is 0 Å². The van der Waals surface area contributed by atoms with Gasteiger partial charge in [0.05, 0.1) is 43.6 Å². The molecule has 0 aliphatic carbocycles. The molecule has 1 aromatic carbocycles. The predicted molar refractivity (Wildman–Crippen MR) is 312 cm³/mol. The predicted octanol–water partition coefficient (Wildman–Crippen LogP) is -7.80. The Hall–Kier alpha value is -8.79. The first-order valence-electron chi connectivity index (χ1n) is 26.9. The minimum atomic E-state index is -2.15. The van der Waals surface area contributed by atoms with E-state index in [0.717, 1.165) is 26.0 Å². The number of hydrogen-bond acceptors (Lipinski definition) is 23. The molecule has 37 nitrogen and oxygen atoms in total. The summed E-state index contributed by atoms with van der Waals surface area (Å²) in [7, 11) is 0. The summed E-state index contributed by atoms with van der Waals surface area (Å²) in [5, 5.41) is 95.4. The van der Waals surface area contributed by atoms with Crippen LogP contribution in [0.25, 0.3) is 0 Å². The smallest absolute Gasteiger partial charge is 0.305 e. The molecule has 12 atom stereocenters. The molecular formula is C50H76N14O23S2. The van der Waals surface area contributed by atoms with Crippen molar-refractivity contribution in [2.75, 3.05) is 36.6 Å². The van der Waals surface area contributed by atoms with E-state index >= 15 is 0 Å². The van der Waals surface area contributed by atoms with Crippen LogP contribution < -0.4 is 69.5 Å². The van der Waals surface area contributed by atoms with Gasteiger partial charge in [0, 0.05) is 35.7 Å². The highest BCUT2D eigenvalue weighted by Crippen LogP contribution is 2.16. The average molecular weight is 1310 g/mol. The molecular weight excluding hydrogens is 1230 g/mol.